The monoisotopic (exact) mass is 248 g/mol. The molecule has 0 atom stereocenters. The van der Waals surface area contributed by atoms with Crippen LogP contribution in [-0.2, 0) is 5.41 Å². The van der Waals surface area contributed by atoms with Crippen LogP contribution in [0.2, 0.25) is 0 Å². The highest BCUT2D eigenvalue weighted by molar-refractivity contribution is 9.10. The van der Waals surface area contributed by atoms with Crippen LogP contribution >= 0.6 is 27.3 Å². The molecule has 0 unspecified atom stereocenters. The average molecular weight is 249 g/mol. The van der Waals surface area contributed by atoms with Crippen LogP contribution in [-0.4, -0.2) is 11.7 Å². The Labute approximate surface area is 85.6 Å². The molecule has 0 bridgehead atoms. The third-order valence-electron chi connectivity index (χ3n) is 1.97. The standard InChI is InChI=1S/C9H13BrOS/c1-9(2,4-5-11)8-7(10)3-6-12-8/h3,6,11H,4-5H2,1-2H3. The van der Waals surface area contributed by atoms with Crippen molar-refractivity contribution in [3.05, 3.63) is 20.8 Å². The van der Waals surface area contributed by atoms with Crippen molar-refractivity contribution in [2.45, 2.75) is 25.7 Å². The molecule has 3 heteroatoms. The second-order valence-corrected chi connectivity index (χ2v) is 5.23. The lowest BCUT2D eigenvalue weighted by Gasteiger charge is -2.22. The predicted molar refractivity (Wildman–Crippen MR) is 56.7 cm³/mol. The summed E-state index contributed by atoms with van der Waals surface area (Å²) < 4.78 is 1.16. The van der Waals surface area contributed by atoms with Crippen LogP contribution in [0.25, 0.3) is 0 Å². The Morgan fingerprint density at radius 1 is 1.58 bits per heavy atom. The van der Waals surface area contributed by atoms with Crippen LogP contribution in [0.1, 0.15) is 25.1 Å². The largest absolute Gasteiger partial charge is 0.396 e. The van der Waals surface area contributed by atoms with Gasteiger partial charge in [-0.1, -0.05) is 13.8 Å². The number of aliphatic hydroxyl groups excluding tert-OH is 1. The maximum Gasteiger partial charge on any atom is 0.0439 e. The second-order valence-electron chi connectivity index (χ2n) is 3.46. The number of hydrogen-bond acceptors (Lipinski definition) is 2. The molecule has 1 aromatic heterocycles. The van der Waals surface area contributed by atoms with E-state index in [9.17, 15) is 0 Å². The fourth-order valence-corrected chi connectivity index (χ4v) is 3.24. The fraction of sp³-hybridized carbons (Fsp3) is 0.556. The smallest absolute Gasteiger partial charge is 0.0439 e. The molecule has 0 saturated heterocycles. The molecule has 1 nitrogen and oxygen atoms in total. The molecule has 0 aliphatic heterocycles. The van der Waals surface area contributed by atoms with E-state index in [1.807, 2.05) is 0 Å². The van der Waals surface area contributed by atoms with E-state index in [1.165, 1.54) is 4.88 Å². The number of aliphatic hydroxyl groups is 1. The van der Waals surface area contributed by atoms with Gasteiger partial charge in [0.1, 0.15) is 0 Å². The number of hydrogen-bond donors (Lipinski definition) is 1. The number of halogens is 1. The summed E-state index contributed by atoms with van der Waals surface area (Å²) in [7, 11) is 0. The van der Waals surface area contributed by atoms with Crippen molar-refractivity contribution < 1.29 is 5.11 Å². The van der Waals surface area contributed by atoms with Crippen LogP contribution in [0.15, 0.2) is 15.9 Å². The molecule has 1 aromatic rings. The molecule has 0 radical (unpaired) electrons. The summed E-state index contributed by atoms with van der Waals surface area (Å²) in [6.45, 7) is 4.55. The van der Waals surface area contributed by atoms with E-state index >= 15 is 0 Å². The summed E-state index contributed by atoms with van der Waals surface area (Å²) in [5.41, 5.74) is 0.0851. The van der Waals surface area contributed by atoms with Gasteiger partial charge in [-0.15, -0.1) is 11.3 Å². The third kappa shape index (κ3) is 2.09. The first kappa shape index (κ1) is 10.2. The summed E-state index contributed by atoms with van der Waals surface area (Å²) in [5, 5.41) is 10.9. The lowest BCUT2D eigenvalue weighted by molar-refractivity contribution is 0.253. The van der Waals surface area contributed by atoms with E-state index in [4.69, 9.17) is 5.11 Å². The normalized spacial score (nSPS) is 12.0. The maximum absolute atomic E-state index is 8.88. The van der Waals surface area contributed by atoms with E-state index in [-0.39, 0.29) is 12.0 Å². The van der Waals surface area contributed by atoms with Crippen molar-refractivity contribution >= 4 is 27.3 Å². The highest BCUT2D eigenvalue weighted by Gasteiger charge is 2.23. The molecule has 1 N–H and O–H groups in total. The average Bonchev–Trinajstić information content (AvgIpc) is 2.35. The van der Waals surface area contributed by atoms with Crippen molar-refractivity contribution in [1.29, 1.82) is 0 Å². The van der Waals surface area contributed by atoms with Gasteiger partial charge in [-0.2, -0.15) is 0 Å². The molecule has 1 rings (SSSR count). The molecule has 0 aliphatic carbocycles. The van der Waals surface area contributed by atoms with Gasteiger partial charge in [0.15, 0.2) is 0 Å². The molecule has 12 heavy (non-hydrogen) atoms. The lowest BCUT2D eigenvalue weighted by Crippen LogP contribution is -2.17. The molecule has 0 aromatic carbocycles. The summed E-state index contributed by atoms with van der Waals surface area (Å²) in [6, 6.07) is 2.05. The van der Waals surface area contributed by atoms with Crippen molar-refractivity contribution in [1.82, 2.24) is 0 Å². The SMILES string of the molecule is CC(C)(CCO)c1sccc1Br. The van der Waals surface area contributed by atoms with E-state index in [0.717, 1.165) is 10.9 Å². The van der Waals surface area contributed by atoms with E-state index in [1.54, 1.807) is 11.3 Å². The Kier molecular flexibility index (Phi) is 3.32. The summed E-state index contributed by atoms with van der Waals surface area (Å²) in [4.78, 5) is 1.32. The molecule has 0 aliphatic rings. The molecule has 0 fully saturated rings. The first-order valence-electron chi connectivity index (χ1n) is 3.92. The highest BCUT2D eigenvalue weighted by Crippen LogP contribution is 2.36. The van der Waals surface area contributed by atoms with Gasteiger partial charge in [-0.05, 0) is 33.8 Å². The van der Waals surface area contributed by atoms with Crippen molar-refractivity contribution in [2.75, 3.05) is 6.61 Å². The fourth-order valence-electron chi connectivity index (χ4n) is 1.17. The van der Waals surface area contributed by atoms with E-state index in [2.05, 4.69) is 41.2 Å². The minimum atomic E-state index is 0.0851. The Morgan fingerprint density at radius 2 is 2.25 bits per heavy atom. The summed E-state index contributed by atoms with van der Waals surface area (Å²) in [6.07, 6.45) is 0.812. The zero-order chi connectivity index (χ0) is 9.19. The first-order chi connectivity index (χ1) is 5.58. The Hall–Kier alpha value is 0.140. The molecular weight excluding hydrogens is 236 g/mol. The van der Waals surface area contributed by atoms with Gasteiger partial charge in [-0.25, -0.2) is 0 Å². The minimum Gasteiger partial charge on any atom is -0.396 e. The topological polar surface area (TPSA) is 20.2 Å². The van der Waals surface area contributed by atoms with Crippen molar-refractivity contribution in [3.8, 4) is 0 Å². The van der Waals surface area contributed by atoms with Gasteiger partial charge in [0, 0.05) is 21.4 Å². The van der Waals surface area contributed by atoms with Crippen LogP contribution < -0.4 is 0 Å². The van der Waals surface area contributed by atoms with Crippen molar-refractivity contribution in [2.24, 2.45) is 0 Å². The quantitative estimate of drug-likeness (QED) is 0.872. The zero-order valence-electron chi connectivity index (χ0n) is 7.30. The number of rotatable bonds is 3. The molecular formula is C9H13BrOS. The molecule has 68 valence electrons. The van der Waals surface area contributed by atoms with E-state index in [0.29, 0.717) is 0 Å². The van der Waals surface area contributed by atoms with Gasteiger partial charge < -0.3 is 5.11 Å². The molecule has 0 amide bonds. The van der Waals surface area contributed by atoms with Crippen LogP contribution in [0.4, 0.5) is 0 Å². The highest BCUT2D eigenvalue weighted by atomic mass is 79.9. The molecule has 1 heterocycles. The summed E-state index contributed by atoms with van der Waals surface area (Å²) >= 11 is 5.24. The van der Waals surface area contributed by atoms with Crippen LogP contribution in [0, 0.1) is 0 Å². The second kappa shape index (κ2) is 3.90. The van der Waals surface area contributed by atoms with E-state index < -0.39 is 0 Å². The van der Waals surface area contributed by atoms with Crippen LogP contribution in [0.3, 0.4) is 0 Å². The Bertz CT molecular complexity index is 255. The third-order valence-corrected chi connectivity index (χ3v) is 4.17. The maximum atomic E-state index is 8.88. The number of thiophene rings is 1. The Balaban J connectivity index is 2.88. The minimum absolute atomic E-state index is 0.0851. The van der Waals surface area contributed by atoms with Crippen LogP contribution in [0.5, 0.6) is 0 Å². The van der Waals surface area contributed by atoms with Gasteiger partial charge in [0.05, 0.1) is 0 Å². The van der Waals surface area contributed by atoms with Gasteiger partial charge in [-0.3, -0.25) is 0 Å². The predicted octanol–water partition coefficient (Wildman–Crippen LogP) is 3.17. The molecule has 0 saturated carbocycles. The zero-order valence-corrected chi connectivity index (χ0v) is 9.70. The lowest BCUT2D eigenvalue weighted by atomic mass is 9.88. The first-order valence-corrected chi connectivity index (χ1v) is 5.59. The van der Waals surface area contributed by atoms with Gasteiger partial charge in [0.25, 0.3) is 0 Å². The van der Waals surface area contributed by atoms with Crippen molar-refractivity contribution in [3.63, 3.8) is 0 Å². The summed E-state index contributed by atoms with van der Waals surface area (Å²) in [5.74, 6) is 0. The van der Waals surface area contributed by atoms with Gasteiger partial charge >= 0.3 is 0 Å². The van der Waals surface area contributed by atoms with Gasteiger partial charge in [0.2, 0.25) is 0 Å². The molecule has 0 spiro atoms. The Morgan fingerprint density at radius 3 is 2.67 bits per heavy atom.